The predicted octanol–water partition coefficient (Wildman–Crippen LogP) is 3.29. The van der Waals surface area contributed by atoms with Crippen LogP contribution in [0.25, 0.3) is 0 Å². The first-order valence-corrected chi connectivity index (χ1v) is 6.43. The summed E-state index contributed by atoms with van der Waals surface area (Å²) in [6.45, 7) is 1.82. The van der Waals surface area contributed by atoms with E-state index in [1.54, 1.807) is 19.2 Å². The Balaban J connectivity index is 2.43. The Hall–Kier alpha value is -2.22. The average molecular weight is 339 g/mol. The summed E-state index contributed by atoms with van der Waals surface area (Å²) >= 11 is 3.25. The number of aryl methyl sites for hydroxylation is 1. The number of halogens is 1. The van der Waals surface area contributed by atoms with Crippen LogP contribution in [0.5, 0.6) is 11.6 Å². The van der Waals surface area contributed by atoms with E-state index in [9.17, 15) is 10.1 Å². The lowest BCUT2D eigenvalue weighted by Crippen LogP contribution is -2.00. The van der Waals surface area contributed by atoms with E-state index in [0.29, 0.717) is 10.4 Å². The predicted molar refractivity (Wildman–Crippen MR) is 77.2 cm³/mol. The number of rotatable bonds is 4. The highest BCUT2D eigenvalue weighted by atomic mass is 79.9. The van der Waals surface area contributed by atoms with Crippen molar-refractivity contribution < 1.29 is 9.66 Å². The molecule has 0 aliphatic carbocycles. The van der Waals surface area contributed by atoms with Crippen LogP contribution < -0.4 is 10.1 Å². The molecule has 0 aliphatic rings. The fourth-order valence-corrected chi connectivity index (χ4v) is 1.77. The van der Waals surface area contributed by atoms with Gasteiger partial charge in [0.1, 0.15) is 0 Å². The zero-order chi connectivity index (χ0) is 14.7. The molecule has 1 heterocycles. The van der Waals surface area contributed by atoms with E-state index >= 15 is 0 Å². The van der Waals surface area contributed by atoms with Gasteiger partial charge in [0.25, 0.3) is 0 Å². The third-order valence-corrected chi connectivity index (χ3v) is 3.00. The summed E-state index contributed by atoms with van der Waals surface area (Å²) in [6, 6.07) is 4.64. The smallest absolute Gasteiger partial charge is 0.311 e. The second-order valence-corrected chi connectivity index (χ2v) is 4.78. The summed E-state index contributed by atoms with van der Waals surface area (Å²) in [5.74, 6) is 0.702. The van der Waals surface area contributed by atoms with Crippen molar-refractivity contribution in [1.29, 1.82) is 0 Å². The van der Waals surface area contributed by atoms with Gasteiger partial charge < -0.3 is 10.1 Å². The van der Waals surface area contributed by atoms with E-state index in [-0.39, 0.29) is 17.3 Å². The fourth-order valence-electron chi connectivity index (χ4n) is 1.50. The molecule has 0 aliphatic heterocycles. The van der Waals surface area contributed by atoms with Gasteiger partial charge in [0.05, 0.1) is 15.6 Å². The van der Waals surface area contributed by atoms with Crippen molar-refractivity contribution in [3.63, 3.8) is 0 Å². The van der Waals surface area contributed by atoms with Gasteiger partial charge in [-0.2, -0.15) is 4.98 Å². The van der Waals surface area contributed by atoms with E-state index in [2.05, 4.69) is 31.2 Å². The number of nitro groups is 1. The third kappa shape index (κ3) is 3.02. The summed E-state index contributed by atoms with van der Waals surface area (Å²) in [6.07, 6.45) is 1.51. The Morgan fingerprint density at radius 2 is 2.20 bits per heavy atom. The summed E-state index contributed by atoms with van der Waals surface area (Å²) in [5, 5.41) is 13.8. The third-order valence-electron chi connectivity index (χ3n) is 2.45. The van der Waals surface area contributed by atoms with E-state index in [0.717, 1.165) is 5.56 Å². The first-order chi connectivity index (χ1) is 9.51. The molecule has 0 fully saturated rings. The molecule has 1 N–H and O–H groups in total. The first kappa shape index (κ1) is 14.2. The van der Waals surface area contributed by atoms with Crippen LogP contribution in [0.4, 0.5) is 11.6 Å². The lowest BCUT2D eigenvalue weighted by molar-refractivity contribution is -0.385. The molecule has 0 saturated heterocycles. The van der Waals surface area contributed by atoms with Gasteiger partial charge in [-0.3, -0.25) is 10.1 Å². The minimum absolute atomic E-state index is 0.118. The number of ether oxygens (including phenoxy) is 1. The highest BCUT2D eigenvalue weighted by Gasteiger charge is 2.17. The van der Waals surface area contributed by atoms with E-state index < -0.39 is 4.92 Å². The Kier molecular flexibility index (Phi) is 4.14. The molecule has 0 spiro atoms. The van der Waals surface area contributed by atoms with Crippen LogP contribution in [0.15, 0.2) is 28.9 Å². The van der Waals surface area contributed by atoms with Crippen molar-refractivity contribution in [2.45, 2.75) is 6.92 Å². The number of benzene rings is 1. The van der Waals surface area contributed by atoms with Crippen LogP contribution in [-0.4, -0.2) is 21.9 Å². The van der Waals surface area contributed by atoms with Gasteiger partial charge in [-0.15, -0.1) is 0 Å². The van der Waals surface area contributed by atoms with Crippen LogP contribution in [-0.2, 0) is 0 Å². The van der Waals surface area contributed by atoms with Crippen LogP contribution in [0.2, 0.25) is 0 Å². The molecule has 8 heteroatoms. The van der Waals surface area contributed by atoms with Gasteiger partial charge in [0.15, 0.2) is 0 Å². The fraction of sp³-hybridized carbons (Fsp3) is 0.167. The van der Waals surface area contributed by atoms with Crippen LogP contribution >= 0.6 is 15.9 Å². The average Bonchev–Trinajstić information content (AvgIpc) is 2.41. The zero-order valence-corrected chi connectivity index (χ0v) is 12.3. The van der Waals surface area contributed by atoms with Crippen molar-refractivity contribution in [1.82, 2.24) is 9.97 Å². The molecule has 0 unspecified atom stereocenters. The molecule has 0 radical (unpaired) electrons. The Labute approximate surface area is 123 Å². The maximum atomic E-state index is 11.0. The standard InChI is InChI=1S/C12H11BrN4O3/c1-7-3-4-9(17(18)19)10(5-7)20-11-8(13)6-15-12(14-2)16-11/h3-6H,1-2H3,(H,14,15,16). The Morgan fingerprint density at radius 1 is 1.45 bits per heavy atom. The second-order valence-electron chi connectivity index (χ2n) is 3.93. The van der Waals surface area contributed by atoms with Crippen molar-refractivity contribution in [2.24, 2.45) is 0 Å². The number of hydrogen-bond acceptors (Lipinski definition) is 6. The maximum Gasteiger partial charge on any atom is 0.311 e. The molecular weight excluding hydrogens is 328 g/mol. The van der Waals surface area contributed by atoms with Gasteiger partial charge in [-0.1, -0.05) is 6.07 Å². The number of anilines is 1. The summed E-state index contributed by atoms with van der Waals surface area (Å²) in [7, 11) is 1.67. The zero-order valence-electron chi connectivity index (χ0n) is 10.8. The maximum absolute atomic E-state index is 11.0. The summed E-state index contributed by atoms with van der Waals surface area (Å²) in [5.41, 5.74) is 0.733. The van der Waals surface area contributed by atoms with Gasteiger partial charge in [-0.05, 0) is 34.5 Å². The van der Waals surface area contributed by atoms with Gasteiger partial charge in [0.2, 0.25) is 17.6 Å². The van der Waals surface area contributed by atoms with Crippen molar-refractivity contribution >= 4 is 27.6 Å². The molecule has 104 valence electrons. The molecule has 2 aromatic rings. The lowest BCUT2D eigenvalue weighted by atomic mass is 10.2. The van der Waals surface area contributed by atoms with E-state index in [4.69, 9.17) is 4.74 Å². The summed E-state index contributed by atoms with van der Waals surface area (Å²) < 4.78 is 6.05. The quantitative estimate of drug-likeness (QED) is 0.679. The van der Waals surface area contributed by atoms with Gasteiger partial charge in [-0.25, -0.2) is 4.98 Å². The Bertz CT molecular complexity index is 663. The second kappa shape index (κ2) is 5.83. The molecule has 0 saturated carbocycles. The first-order valence-electron chi connectivity index (χ1n) is 5.64. The number of nitrogens with one attached hydrogen (secondary N) is 1. The SMILES string of the molecule is CNc1ncc(Br)c(Oc2cc(C)ccc2[N+](=O)[O-])n1. The largest absolute Gasteiger partial charge is 0.430 e. The van der Waals surface area contributed by atoms with Crippen molar-refractivity contribution in [3.8, 4) is 11.6 Å². The number of aromatic nitrogens is 2. The molecule has 1 aromatic carbocycles. The highest BCUT2D eigenvalue weighted by Crippen LogP contribution is 2.34. The lowest BCUT2D eigenvalue weighted by Gasteiger charge is -2.08. The van der Waals surface area contributed by atoms with Crippen molar-refractivity contribution in [2.75, 3.05) is 12.4 Å². The summed E-state index contributed by atoms with van der Waals surface area (Å²) in [4.78, 5) is 18.6. The molecule has 0 bridgehead atoms. The molecule has 0 amide bonds. The van der Waals surface area contributed by atoms with E-state index in [1.807, 2.05) is 6.92 Å². The van der Waals surface area contributed by atoms with Gasteiger partial charge in [0, 0.05) is 13.1 Å². The van der Waals surface area contributed by atoms with Crippen LogP contribution in [0.1, 0.15) is 5.56 Å². The minimum atomic E-state index is -0.497. The molecular formula is C12H11BrN4O3. The molecule has 1 aromatic heterocycles. The number of hydrogen-bond donors (Lipinski definition) is 1. The molecule has 7 nitrogen and oxygen atoms in total. The number of nitro benzene ring substituents is 1. The Morgan fingerprint density at radius 3 is 2.85 bits per heavy atom. The molecule has 20 heavy (non-hydrogen) atoms. The minimum Gasteiger partial charge on any atom is -0.430 e. The molecule has 2 rings (SSSR count). The van der Waals surface area contributed by atoms with Crippen LogP contribution in [0.3, 0.4) is 0 Å². The molecule has 0 atom stereocenters. The van der Waals surface area contributed by atoms with Crippen molar-refractivity contribution in [3.05, 3.63) is 44.5 Å². The normalized spacial score (nSPS) is 10.2. The highest BCUT2D eigenvalue weighted by molar-refractivity contribution is 9.10. The monoisotopic (exact) mass is 338 g/mol. The van der Waals surface area contributed by atoms with Gasteiger partial charge >= 0.3 is 5.69 Å². The topological polar surface area (TPSA) is 90.2 Å². The number of nitrogens with zero attached hydrogens (tertiary/aromatic N) is 3. The van der Waals surface area contributed by atoms with Crippen LogP contribution in [0, 0.1) is 17.0 Å². The van der Waals surface area contributed by atoms with E-state index in [1.165, 1.54) is 12.3 Å².